The van der Waals surface area contributed by atoms with E-state index in [1.165, 1.54) is 6.92 Å². The van der Waals surface area contributed by atoms with Crippen molar-refractivity contribution in [1.29, 1.82) is 0 Å². The van der Waals surface area contributed by atoms with Gasteiger partial charge in [0.2, 0.25) is 0 Å². The zero-order chi connectivity index (χ0) is 11.8. The first-order chi connectivity index (χ1) is 6.73. The molecule has 0 amide bonds. The van der Waals surface area contributed by atoms with Gasteiger partial charge in [-0.15, -0.1) is 0 Å². The van der Waals surface area contributed by atoms with Crippen LogP contribution in [0.1, 0.15) is 21.5 Å². The van der Waals surface area contributed by atoms with Crippen LogP contribution in [-0.2, 0) is 6.18 Å². The van der Waals surface area contributed by atoms with Gasteiger partial charge in [-0.3, -0.25) is 0 Å². The van der Waals surface area contributed by atoms with E-state index in [1.54, 1.807) is 0 Å². The maximum absolute atomic E-state index is 12.4. The zero-order valence-electron chi connectivity index (χ0n) is 7.72. The molecule has 3 nitrogen and oxygen atoms in total. The highest BCUT2D eigenvalue weighted by molar-refractivity contribution is 5.89. The van der Waals surface area contributed by atoms with Crippen molar-refractivity contribution in [2.24, 2.45) is 0 Å². The number of hydrogen-bond donors (Lipinski definition) is 2. The summed E-state index contributed by atoms with van der Waals surface area (Å²) in [4.78, 5) is 10.5. The van der Waals surface area contributed by atoms with Crippen LogP contribution in [-0.4, -0.2) is 11.1 Å². The molecule has 0 unspecified atom stereocenters. The number of nitrogen functional groups attached to an aromatic ring is 1. The fourth-order valence-electron chi connectivity index (χ4n) is 1.15. The van der Waals surface area contributed by atoms with Gasteiger partial charge in [0.15, 0.2) is 0 Å². The largest absolute Gasteiger partial charge is 0.478 e. The minimum absolute atomic E-state index is 0.160. The molecule has 1 rings (SSSR count). The van der Waals surface area contributed by atoms with Gasteiger partial charge >= 0.3 is 12.1 Å². The van der Waals surface area contributed by atoms with Gasteiger partial charge in [0.05, 0.1) is 11.1 Å². The number of anilines is 1. The molecule has 0 aromatic heterocycles. The lowest BCUT2D eigenvalue weighted by Gasteiger charge is -2.12. The molecule has 0 aliphatic heterocycles. The van der Waals surface area contributed by atoms with E-state index in [2.05, 4.69) is 0 Å². The molecular formula is C9H8F3NO2. The summed E-state index contributed by atoms with van der Waals surface area (Å²) in [7, 11) is 0. The normalized spacial score (nSPS) is 11.5. The predicted octanol–water partition coefficient (Wildman–Crippen LogP) is 2.29. The summed E-state index contributed by atoms with van der Waals surface area (Å²) in [6.07, 6.45) is -4.59. The van der Waals surface area contributed by atoms with E-state index in [4.69, 9.17) is 10.8 Å². The number of carbonyl (C=O) groups is 1. The average Bonchev–Trinajstić information content (AvgIpc) is 2.06. The Bertz CT molecular complexity index is 413. The summed E-state index contributed by atoms with van der Waals surface area (Å²) in [5, 5.41) is 8.57. The highest BCUT2D eigenvalue weighted by Crippen LogP contribution is 2.34. The Morgan fingerprint density at radius 2 is 1.93 bits per heavy atom. The SMILES string of the molecule is Cc1c(N)cc(C(=O)O)cc1C(F)(F)F. The van der Waals surface area contributed by atoms with Crippen molar-refractivity contribution >= 4 is 11.7 Å². The lowest BCUT2D eigenvalue weighted by molar-refractivity contribution is -0.138. The van der Waals surface area contributed by atoms with Gasteiger partial charge in [0.1, 0.15) is 0 Å². The molecule has 15 heavy (non-hydrogen) atoms. The van der Waals surface area contributed by atoms with Gasteiger partial charge in [0, 0.05) is 5.69 Å². The van der Waals surface area contributed by atoms with Gasteiger partial charge in [-0.25, -0.2) is 4.79 Å². The third kappa shape index (κ3) is 2.20. The molecule has 6 heteroatoms. The highest BCUT2D eigenvalue weighted by Gasteiger charge is 2.33. The summed E-state index contributed by atoms with van der Waals surface area (Å²) in [5.74, 6) is -1.44. The van der Waals surface area contributed by atoms with Gasteiger partial charge in [-0.2, -0.15) is 13.2 Å². The Hall–Kier alpha value is -1.72. The molecule has 0 bridgehead atoms. The fraction of sp³-hybridized carbons (Fsp3) is 0.222. The fourth-order valence-corrected chi connectivity index (χ4v) is 1.15. The van der Waals surface area contributed by atoms with E-state index in [0.717, 1.165) is 6.07 Å². The summed E-state index contributed by atoms with van der Waals surface area (Å²) < 4.78 is 37.3. The third-order valence-corrected chi connectivity index (χ3v) is 2.00. The molecule has 0 saturated carbocycles. The average molecular weight is 219 g/mol. The van der Waals surface area contributed by atoms with Gasteiger partial charge in [-0.05, 0) is 24.6 Å². The van der Waals surface area contributed by atoms with Crippen LogP contribution in [0, 0.1) is 6.92 Å². The quantitative estimate of drug-likeness (QED) is 0.712. The lowest BCUT2D eigenvalue weighted by atomic mass is 10.0. The topological polar surface area (TPSA) is 63.3 Å². The van der Waals surface area contributed by atoms with E-state index in [1.807, 2.05) is 0 Å². The molecule has 0 saturated heterocycles. The molecule has 0 atom stereocenters. The monoisotopic (exact) mass is 219 g/mol. The second-order valence-corrected chi connectivity index (χ2v) is 3.04. The van der Waals surface area contributed by atoms with E-state index < -0.39 is 23.3 Å². The third-order valence-electron chi connectivity index (χ3n) is 2.00. The molecule has 0 radical (unpaired) electrons. The molecule has 82 valence electrons. The Morgan fingerprint density at radius 3 is 2.33 bits per heavy atom. The van der Waals surface area contributed by atoms with E-state index in [-0.39, 0.29) is 11.3 Å². The van der Waals surface area contributed by atoms with Crippen LogP contribution in [0.2, 0.25) is 0 Å². The second kappa shape index (κ2) is 3.45. The molecule has 0 aliphatic carbocycles. The maximum Gasteiger partial charge on any atom is 0.416 e. The van der Waals surface area contributed by atoms with Crippen LogP contribution in [0.15, 0.2) is 12.1 Å². The first kappa shape index (κ1) is 11.4. The molecular weight excluding hydrogens is 211 g/mol. The minimum atomic E-state index is -4.59. The van der Waals surface area contributed by atoms with Crippen LogP contribution >= 0.6 is 0 Å². The Labute approximate surface area is 83.3 Å². The molecule has 0 spiro atoms. The lowest BCUT2D eigenvalue weighted by Crippen LogP contribution is -2.11. The second-order valence-electron chi connectivity index (χ2n) is 3.04. The van der Waals surface area contributed by atoms with Crippen LogP contribution in [0.3, 0.4) is 0 Å². The van der Waals surface area contributed by atoms with Gasteiger partial charge in [0.25, 0.3) is 0 Å². The minimum Gasteiger partial charge on any atom is -0.478 e. The number of alkyl halides is 3. The zero-order valence-corrected chi connectivity index (χ0v) is 7.72. The van der Waals surface area contributed by atoms with Crippen LogP contribution < -0.4 is 5.73 Å². The van der Waals surface area contributed by atoms with E-state index in [0.29, 0.717) is 6.07 Å². The van der Waals surface area contributed by atoms with Gasteiger partial charge < -0.3 is 10.8 Å². The number of rotatable bonds is 1. The number of aromatic carboxylic acids is 1. The van der Waals surface area contributed by atoms with E-state index in [9.17, 15) is 18.0 Å². The summed E-state index contributed by atoms with van der Waals surface area (Å²) in [6, 6.07) is 1.58. The standard InChI is InChI=1S/C9H8F3NO2/c1-4-6(9(10,11)12)2-5(8(14)15)3-7(4)13/h2-3H,13H2,1H3,(H,14,15). The molecule has 1 aromatic rings. The molecule has 1 aromatic carbocycles. The highest BCUT2D eigenvalue weighted by atomic mass is 19.4. The van der Waals surface area contributed by atoms with Crippen LogP contribution in [0.5, 0.6) is 0 Å². The van der Waals surface area contributed by atoms with Crippen molar-refractivity contribution in [3.8, 4) is 0 Å². The van der Waals surface area contributed by atoms with Crippen molar-refractivity contribution in [2.75, 3.05) is 5.73 Å². The number of benzene rings is 1. The van der Waals surface area contributed by atoms with Crippen molar-refractivity contribution in [3.05, 3.63) is 28.8 Å². The number of carboxylic acids is 1. The number of carboxylic acid groups (broad SMARTS) is 1. The molecule has 0 aliphatic rings. The maximum atomic E-state index is 12.4. The van der Waals surface area contributed by atoms with Crippen molar-refractivity contribution in [2.45, 2.75) is 13.1 Å². The summed E-state index contributed by atoms with van der Waals surface area (Å²) in [6.45, 7) is 1.20. The van der Waals surface area contributed by atoms with Gasteiger partial charge in [-0.1, -0.05) is 0 Å². The van der Waals surface area contributed by atoms with Crippen LogP contribution in [0.4, 0.5) is 18.9 Å². The smallest absolute Gasteiger partial charge is 0.416 e. The first-order valence-corrected chi connectivity index (χ1v) is 3.94. The first-order valence-electron chi connectivity index (χ1n) is 3.94. The van der Waals surface area contributed by atoms with Crippen molar-refractivity contribution < 1.29 is 23.1 Å². The van der Waals surface area contributed by atoms with Crippen molar-refractivity contribution in [3.63, 3.8) is 0 Å². The van der Waals surface area contributed by atoms with Crippen LogP contribution in [0.25, 0.3) is 0 Å². The van der Waals surface area contributed by atoms with Crippen molar-refractivity contribution in [1.82, 2.24) is 0 Å². The number of nitrogens with two attached hydrogens (primary N) is 1. The molecule has 3 N–H and O–H groups in total. The molecule has 0 fully saturated rings. The van der Waals surface area contributed by atoms with E-state index >= 15 is 0 Å². The Morgan fingerprint density at radius 1 is 1.40 bits per heavy atom. The number of halogens is 3. The number of hydrogen-bond acceptors (Lipinski definition) is 2. The predicted molar refractivity (Wildman–Crippen MR) is 47.6 cm³/mol. The Balaban J connectivity index is 3.45. The molecule has 0 heterocycles. The summed E-state index contributed by atoms with van der Waals surface area (Å²) in [5.41, 5.74) is 3.47. The summed E-state index contributed by atoms with van der Waals surface area (Å²) >= 11 is 0. The Kier molecular flexibility index (Phi) is 2.61.